The molecule has 42 heavy (non-hydrogen) atoms. The average molecular weight is 617 g/mol. The summed E-state index contributed by atoms with van der Waals surface area (Å²) in [5, 5.41) is 8.92. The molecule has 1 unspecified atom stereocenters. The summed E-state index contributed by atoms with van der Waals surface area (Å²) in [4.78, 5) is 5.86. The van der Waals surface area contributed by atoms with E-state index in [1.807, 2.05) is 6.07 Å². The van der Waals surface area contributed by atoms with Gasteiger partial charge in [-0.15, -0.1) is 0 Å². The molecule has 9 nitrogen and oxygen atoms in total. The van der Waals surface area contributed by atoms with E-state index in [-0.39, 0.29) is 38.0 Å². The van der Waals surface area contributed by atoms with E-state index in [0.717, 1.165) is 41.2 Å². The number of H-pyrrole nitrogens is 1. The highest BCUT2D eigenvalue weighted by molar-refractivity contribution is 7.91. The molecule has 5 rings (SSSR count). The molecule has 0 saturated heterocycles. The minimum atomic E-state index is -5.31. The Morgan fingerprint density at radius 1 is 1.00 bits per heavy atom. The molecule has 0 radical (unpaired) electrons. The van der Waals surface area contributed by atoms with Crippen molar-refractivity contribution in [2.75, 3.05) is 13.4 Å². The predicted octanol–water partition coefficient (Wildman–Crippen LogP) is 5.10. The molecule has 5 aromatic rings. The number of aromatic nitrogens is 3. The summed E-state index contributed by atoms with van der Waals surface area (Å²) in [6, 6.07) is 13.9. The number of ether oxygens (including phenoxy) is 1. The highest BCUT2D eigenvalue weighted by atomic mass is 32.2. The average Bonchev–Trinajstić information content (AvgIpc) is 3.54. The number of sulfone groups is 1. The smallest absolute Gasteiger partial charge is 0.358 e. The van der Waals surface area contributed by atoms with E-state index < -0.39 is 47.9 Å². The van der Waals surface area contributed by atoms with Crippen LogP contribution in [0.5, 0.6) is 0 Å². The fourth-order valence-electron chi connectivity index (χ4n) is 5.10. The highest BCUT2D eigenvalue weighted by Gasteiger charge is 2.62. The number of fused-ring (bicyclic) bond motifs is 2. The monoisotopic (exact) mass is 616 g/mol. The summed E-state index contributed by atoms with van der Waals surface area (Å²) < 4.78 is 106. The second-order valence-corrected chi connectivity index (χ2v) is 13.6. The van der Waals surface area contributed by atoms with Gasteiger partial charge in [-0.2, -0.15) is 18.4 Å². The molecule has 0 saturated carbocycles. The molecule has 0 aliphatic rings. The van der Waals surface area contributed by atoms with E-state index in [4.69, 9.17) is 4.74 Å². The summed E-state index contributed by atoms with van der Waals surface area (Å²) in [6.45, 7) is 3.18. The van der Waals surface area contributed by atoms with Crippen LogP contribution in [-0.4, -0.2) is 50.3 Å². The van der Waals surface area contributed by atoms with Crippen LogP contribution in [0.2, 0.25) is 0 Å². The van der Waals surface area contributed by atoms with Gasteiger partial charge in [0.1, 0.15) is 0 Å². The molecule has 0 bridgehead atoms. The summed E-state index contributed by atoms with van der Waals surface area (Å²) >= 11 is 0. The Morgan fingerprint density at radius 2 is 1.67 bits per heavy atom. The Kier molecular flexibility index (Phi) is 6.76. The number of halogens is 3. The molecule has 14 heteroatoms. The quantitative estimate of drug-likeness (QED) is 0.281. The van der Waals surface area contributed by atoms with Gasteiger partial charge in [-0.25, -0.2) is 25.8 Å². The van der Waals surface area contributed by atoms with Gasteiger partial charge in [0.2, 0.25) is 5.60 Å². The Morgan fingerprint density at radius 3 is 2.24 bits per heavy atom. The van der Waals surface area contributed by atoms with Gasteiger partial charge < -0.3 is 9.72 Å². The second kappa shape index (κ2) is 9.69. The number of hydrogen-bond donors (Lipinski definition) is 1. The number of methoxy groups -OCH3 is 1. The lowest BCUT2D eigenvalue weighted by atomic mass is 9.88. The molecular formula is C28H23F3N4O5S2. The molecule has 0 spiro atoms. The molecule has 0 amide bonds. The Hall–Kier alpha value is -4.19. The zero-order valence-corrected chi connectivity index (χ0v) is 24.2. The first-order valence-electron chi connectivity index (χ1n) is 12.3. The summed E-state index contributed by atoms with van der Waals surface area (Å²) in [5.41, 5.74) is -3.32. The van der Waals surface area contributed by atoms with Crippen molar-refractivity contribution in [3.63, 3.8) is 0 Å². The van der Waals surface area contributed by atoms with Crippen LogP contribution < -0.4 is 0 Å². The molecule has 3 aromatic carbocycles. The van der Waals surface area contributed by atoms with Crippen molar-refractivity contribution in [1.82, 2.24) is 13.9 Å². The fraction of sp³-hybridized carbons (Fsp3) is 0.214. The Labute approximate surface area is 239 Å². The van der Waals surface area contributed by atoms with E-state index in [1.54, 1.807) is 19.1 Å². The Balaban J connectivity index is 1.94. The molecular weight excluding hydrogens is 593 g/mol. The maximum absolute atomic E-state index is 15.4. The van der Waals surface area contributed by atoms with Crippen LogP contribution >= 0.6 is 0 Å². The Bertz CT molecular complexity index is 2140. The van der Waals surface area contributed by atoms with Crippen LogP contribution in [0, 0.1) is 25.2 Å². The SMILES string of the molecule is COC(c1nc2cc(C#N)ccc2[nH]1)(c1c(S(C)(=O)=O)cc(C)c2c1ccn2S(=O)(=O)c1ccc(C)cc1)C(F)(F)F. The van der Waals surface area contributed by atoms with Gasteiger partial charge in [0.15, 0.2) is 15.7 Å². The van der Waals surface area contributed by atoms with Gasteiger partial charge in [-0.3, -0.25) is 0 Å². The molecule has 1 atom stereocenters. The third-order valence-electron chi connectivity index (χ3n) is 7.07. The van der Waals surface area contributed by atoms with Crippen LogP contribution in [-0.2, 0) is 30.2 Å². The molecule has 2 aromatic heterocycles. The van der Waals surface area contributed by atoms with Crippen molar-refractivity contribution in [2.45, 2.75) is 35.4 Å². The van der Waals surface area contributed by atoms with Gasteiger partial charge in [0.25, 0.3) is 10.0 Å². The third kappa shape index (κ3) is 4.36. The van der Waals surface area contributed by atoms with Crippen molar-refractivity contribution in [1.29, 1.82) is 5.26 Å². The van der Waals surface area contributed by atoms with Crippen LogP contribution in [0.25, 0.3) is 21.9 Å². The number of aryl methyl sites for hydroxylation is 2. The normalized spacial score (nSPS) is 14.2. The number of nitrogens with one attached hydrogen (secondary N) is 1. The first kappa shape index (κ1) is 29.3. The molecule has 0 aliphatic heterocycles. The van der Waals surface area contributed by atoms with Crippen molar-refractivity contribution < 1.29 is 34.7 Å². The van der Waals surface area contributed by atoms with Crippen molar-refractivity contribution in [3.8, 4) is 6.07 Å². The van der Waals surface area contributed by atoms with Crippen molar-refractivity contribution in [3.05, 3.63) is 88.9 Å². The zero-order valence-electron chi connectivity index (χ0n) is 22.6. The maximum Gasteiger partial charge on any atom is 0.429 e. The van der Waals surface area contributed by atoms with Gasteiger partial charge in [0.05, 0.1) is 38.0 Å². The van der Waals surface area contributed by atoms with E-state index >= 15 is 13.2 Å². The van der Waals surface area contributed by atoms with Gasteiger partial charge in [0, 0.05) is 30.5 Å². The number of aromatic amines is 1. The largest absolute Gasteiger partial charge is 0.429 e. The van der Waals surface area contributed by atoms with Crippen LogP contribution in [0.4, 0.5) is 13.2 Å². The van der Waals surface area contributed by atoms with Crippen molar-refractivity contribution >= 4 is 41.8 Å². The summed E-state index contributed by atoms with van der Waals surface area (Å²) in [5.74, 6) is -0.799. The fourth-order valence-corrected chi connectivity index (χ4v) is 7.53. The lowest BCUT2D eigenvalue weighted by Crippen LogP contribution is -2.47. The zero-order chi connectivity index (χ0) is 30.8. The highest BCUT2D eigenvalue weighted by Crippen LogP contribution is 2.51. The number of nitrogens with zero attached hydrogens (tertiary/aromatic N) is 3. The van der Waals surface area contributed by atoms with Gasteiger partial charge in [-0.1, -0.05) is 17.7 Å². The topological polar surface area (TPSA) is 135 Å². The first-order chi connectivity index (χ1) is 19.6. The standard InChI is InChI=1S/C28H23F3N4O5S2/c1-16-5-8-19(9-6-16)42(38,39)35-12-11-20-24(23(41(4,36)37)13-17(2)25(20)35)27(40-3,28(29,30)31)26-33-21-10-7-18(15-32)14-22(21)34-26/h5-14H,1-4H3,(H,33,34). The van der Waals surface area contributed by atoms with E-state index in [9.17, 15) is 22.1 Å². The first-order valence-corrected chi connectivity index (χ1v) is 15.6. The number of hydrogen-bond acceptors (Lipinski definition) is 7. The predicted molar refractivity (Wildman–Crippen MR) is 148 cm³/mol. The minimum Gasteiger partial charge on any atom is -0.358 e. The maximum atomic E-state index is 15.4. The van der Waals surface area contributed by atoms with Gasteiger partial charge >= 0.3 is 6.18 Å². The minimum absolute atomic E-state index is 0.0125. The van der Waals surface area contributed by atoms with Crippen molar-refractivity contribution in [2.24, 2.45) is 0 Å². The molecule has 2 heterocycles. The second-order valence-electron chi connectivity index (χ2n) is 9.84. The number of benzene rings is 3. The molecule has 218 valence electrons. The molecule has 0 fully saturated rings. The van der Waals surface area contributed by atoms with Crippen LogP contribution in [0.3, 0.4) is 0 Å². The summed E-state index contributed by atoms with van der Waals surface area (Å²) in [6.07, 6.45) is -3.48. The molecule has 0 aliphatic carbocycles. The van der Waals surface area contributed by atoms with E-state index in [2.05, 4.69) is 9.97 Å². The number of rotatable bonds is 6. The number of alkyl halides is 3. The van der Waals surface area contributed by atoms with E-state index in [1.165, 1.54) is 37.3 Å². The number of imidazole rings is 1. The lowest BCUT2D eigenvalue weighted by Gasteiger charge is -2.35. The summed E-state index contributed by atoms with van der Waals surface area (Å²) in [7, 11) is -7.91. The third-order valence-corrected chi connectivity index (χ3v) is 9.88. The number of nitriles is 1. The lowest BCUT2D eigenvalue weighted by molar-refractivity contribution is -0.261. The molecule has 1 N–H and O–H groups in total. The van der Waals surface area contributed by atoms with Crippen LogP contribution in [0.1, 0.15) is 28.1 Å². The van der Waals surface area contributed by atoms with E-state index in [0.29, 0.717) is 0 Å². The van der Waals surface area contributed by atoms with Gasteiger partial charge in [-0.05, 0) is 61.9 Å². The van der Waals surface area contributed by atoms with Crippen LogP contribution in [0.15, 0.2) is 70.6 Å².